The van der Waals surface area contributed by atoms with E-state index in [1.54, 1.807) is 0 Å². The highest BCUT2D eigenvalue weighted by Gasteiger charge is 2.34. The van der Waals surface area contributed by atoms with Crippen LogP contribution >= 0.6 is 0 Å². The van der Waals surface area contributed by atoms with Crippen LogP contribution in [0.1, 0.15) is 22.8 Å². The monoisotopic (exact) mass is 404 g/mol. The molecule has 3 aromatic carbocycles. The predicted octanol–water partition coefficient (Wildman–Crippen LogP) is 4.44. The minimum Gasteiger partial charge on any atom is -0.387 e. The maximum absolute atomic E-state index is 11.2. The highest BCUT2D eigenvalue weighted by molar-refractivity contribution is 5.20. The molecule has 0 heterocycles. The summed E-state index contributed by atoms with van der Waals surface area (Å²) < 4.78 is 12.1. The summed E-state index contributed by atoms with van der Waals surface area (Å²) in [6.07, 6.45) is -2.36. The molecular formula is C26H28O4. The molecule has 0 aromatic heterocycles. The van der Waals surface area contributed by atoms with Crippen LogP contribution in [0.25, 0.3) is 0 Å². The highest BCUT2D eigenvalue weighted by atomic mass is 16.5. The molecule has 3 rings (SSSR count). The van der Waals surface area contributed by atoms with Crippen molar-refractivity contribution in [3.8, 4) is 0 Å². The molecule has 0 aliphatic carbocycles. The molecule has 0 amide bonds. The lowest BCUT2D eigenvalue weighted by Crippen LogP contribution is -2.43. The maximum atomic E-state index is 11.2. The van der Waals surface area contributed by atoms with Gasteiger partial charge in [-0.05, 0) is 16.7 Å². The van der Waals surface area contributed by atoms with Gasteiger partial charge < -0.3 is 19.7 Å². The third kappa shape index (κ3) is 6.12. The molecule has 2 N–H and O–H groups in total. The van der Waals surface area contributed by atoms with E-state index in [1.165, 1.54) is 6.08 Å². The topological polar surface area (TPSA) is 58.9 Å². The van der Waals surface area contributed by atoms with Crippen molar-refractivity contribution in [3.05, 3.63) is 120 Å². The first kappa shape index (κ1) is 21.9. The SMILES string of the molecule is C=C[C@H](O)[C@@H](OCc1ccccc1)[C@H](O)[C@@H](OCc1ccccc1)c1ccccc1. The van der Waals surface area contributed by atoms with E-state index >= 15 is 0 Å². The van der Waals surface area contributed by atoms with Crippen LogP contribution in [0.3, 0.4) is 0 Å². The first-order valence-corrected chi connectivity index (χ1v) is 10.0. The van der Waals surface area contributed by atoms with Crippen molar-refractivity contribution < 1.29 is 19.7 Å². The van der Waals surface area contributed by atoms with Gasteiger partial charge in [-0.15, -0.1) is 6.58 Å². The average molecular weight is 405 g/mol. The fraction of sp³-hybridized carbons (Fsp3) is 0.231. The Hall–Kier alpha value is -2.76. The summed E-state index contributed by atoms with van der Waals surface area (Å²) in [5.74, 6) is 0. The number of aliphatic hydroxyl groups excluding tert-OH is 2. The average Bonchev–Trinajstić information content (AvgIpc) is 2.81. The van der Waals surface area contributed by atoms with Gasteiger partial charge in [0.15, 0.2) is 0 Å². The Kier molecular flexibility index (Phi) is 8.36. The number of benzene rings is 3. The lowest BCUT2D eigenvalue weighted by atomic mass is 9.96. The molecule has 0 aliphatic rings. The Balaban J connectivity index is 1.79. The van der Waals surface area contributed by atoms with Crippen LogP contribution in [0.15, 0.2) is 104 Å². The second kappa shape index (κ2) is 11.4. The molecular weight excluding hydrogens is 376 g/mol. The van der Waals surface area contributed by atoms with Crippen LogP contribution in [-0.2, 0) is 22.7 Å². The molecule has 0 saturated carbocycles. The Morgan fingerprint density at radius 3 is 1.67 bits per heavy atom. The zero-order valence-corrected chi connectivity index (χ0v) is 16.9. The van der Waals surface area contributed by atoms with Gasteiger partial charge in [-0.2, -0.15) is 0 Å². The highest BCUT2D eigenvalue weighted by Crippen LogP contribution is 2.28. The number of ether oxygens (including phenoxy) is 2. The van der Waals surface area contributed by atoms with Gasteiger partial charge in [0.1, 0.15) is 24.4 Å². The first-order valence-electron chi connectivity index (χ1n) is 10.0. The molecule has 4 nitrogen and oxygen atoms in total. The predicted molar refractivity (Wildman–Crippen MR) is 118 cm³/mol. The van der Waals surface area contributed by atoms with Gasteiger partial charge in [-0.3, -0.25) is 0 Å². The molecule has 30 heavy (non-hydrogen) atoms. The normalized spacial score (nSPS) is 15.1. The van der Waals surface area contributed by atoms with Gasteiger partial charge in [0.2, 0.25) is 0 Å². The largest absolute Gasteiger partial charge is 0.387 e. The Bertz CT molecular complexity index is 867. The molecule has 0 radical (unpaired) electrons. The molecule has 156 valence electrons. The van der Waals surface area contributed by atoms with E-state index in [4.69, 9.17) is 9.47 Å². The molecule has 0 aliphatic heterocycles. The van der Waals surface area contributed by atoms with Gasteiger partial charge in [0.25, 0.3) is 0 Å². The third-order valence-electron chi connectivity index (χ3n) is 4.91. The summed E-state index contributed by atoms with van der Waals surface area (Å²) >= 11 is 0. The summed E-state index contributed by atoms with van der Waals surface area (Å²) in [5.41, 5.74) is 2.76. The van der Waals surface area contributed by atoms with Crippen LogP contribution < -0.4 is 0 Å². The van der Waals surface area contributed by atoms with Gasteiger partial charge in [-0.1, -0.05) is 97.1 Å². The zero-order valence-electron chi connectivity index (χ0n) is 16.9. The van der Waals surface area contributed by atoms with Crippen LogP contribution in [-0.4, -0.2) is 28.5 Å². The summed E-state index contributed by atoms with van der Waals surface area (Å²) in [6, 6.07) is 28.9. The van der Waals surface area contributed by atoms with E-state index < -0.39 is 24.4 Å². The fourth-order valence-electron chi connectivity index (χ4n) is 3.27. The molecule has 0 fully saturated rings. The smallest absolute Gasteiger partial charge is 0.116 e. The molecule has 3 aromatic rings. The maximum Gasteiger partial charge on any atom is 0.116 e. The minimum absolute atomic E-state index is 0.258. The van der Waals surface area contributed by atoms with Crippen molar-refractivity contribution in [2.24, 2.45) is 0 Å². The van der Waals surface area contributed by atoms with Crippen LogP contribution in [0.2, 0.25) is 0 Å². The van der Waals surface area contributed by atoms with Crippen molar-refractivity contribution in [2.75, 3.05) is 0 Å². The van der Waals surface area contributed by atoms with Crippen molar-refractivity contribution >= 4 is 0 Å². The standard InChI is InChI=1S/C26H28O4/c1-2-23(27)26(30-19-21-14-8-4-9-15-21)24(28)25(22-16-10-5-11-17-22)29-18-20-12-6-3-7-13-20/h2-17,23-28H,1,18-19H2/t23-,24+,25-,26+/m0/s1. The third-order valence-corrected chi connectivity index (χ3v) is 4.91. The summed E-state index contributed by atoms with van der Waals surface area (Å²) in [6.45, 7) is 4.25. The molecule has 0 bridgehead atoms. The number of hydrogen-bond donors (Lipinski definition) is 2. The fourth-order valence-corrected chi connectivity index (χ4v) is 3.27. The second-order valence-electron chi connectivity index (χ2n) is 7.11. The van der Waals surface area contributed by atoms with Crippen LogP contribution in [0.5, 0.6) is 0 Å². The minimum atomic E-state index is -1.10. The van der Waals surface area contributed by atoms with Crippen LogP contribution in [0, 0.1) is 0 Å². The summed E-state index contributed by atoms with van der Waals surface area (Å²) in [5, 5.41) is 21.7. The molecule has 0 unspecified atom stereocenters. The Morgan fingerprint density at radius 2 is 1.17 bits per heavy atom. The van der Waals surface area contributed by atoms with E-state index in [1.807, 2.05) is 91.0 Å². The van der Waals surface area contributed by atoms with Gasteiger partial charge in [0.05, 0.1) is 13.2 Å². The van der Waals surface area contributed by atoms with Crippen molar-refractivity contribution in [1.29, 1.82) is 0 Å². The zero-order chi connectivity index (χ0) is 21.2. The van der Waals surface area contributed by atoms with E-state index in [0.717, 1.165) is 16.7 Å². The van der Waals surface area contributed by atoms with Crippen LogP contribution in [0.4, 0.5) is 0 Å². The second-order valence-corrected chi connectivity index (χ2v) is 7.11. The summed E-state index contributed by atoms with van der Waals surface area (Å²) in [4.78, 5) is 0. The molecule has 4 heteroatoms. The van der Waals surface area contributed by atoms with E-state index in [2.05, 4.69) is 6.58 Å². The Labute approximate surface area is 178 Å². The van der Waals surface area contributed by atoms with E-state index in [9.17, 15) is 10.2 Å². The molecule has 0 saturated heterocycles. The van der Waals surface area contributed by atoms with Gasteiger partial charge in [-0.25, -0.2) is 0 Å². The van der Waals surface area contributed by atoms with Crippen molar-refractivity contribution in [2.45, 2.75) is 37.6 Å². The van der Waals surface area contributed by atoms with Gasteiger partial charge >= 0.3 is 0 Å². The molecule has 4 atom stereocenters. The van der Waals surface area contributed by atoms with Crippen molar-refractivity contribution in [3.63, 3.8) is 0 Å². The molecule has 0 spiro atoms. The summed E-state index contributed by atoms with van der Waals surface area (Å²) in [7, 11) is 0. The Morgan fingerprint density at radius 1 is 0.700 bits per heavy atom. The quantitative estimate of drug-likeness (QED) is 0.464. The van der Waals surface area contributed by atoms with Gasteiger partial charge in [0, 0.05) is 0 Å². The number of aliphatic hydroxyl groups is 2. The number of hydrogen-bond acceptors (Lipinski definition) is 4. The van der Waals surface area contributed by atoms with E-state index in [0.29, 0.717) is 6.61 Å². The van der Waals surface area contributed by atoms with E-state index in [-0.39, 0.29) is 6.61 Å². The first-order chi connectivity index (χ1) is 14.7. The lowest BCUT2D eigenvalue weighted by molar-refractivity contribution is -0.147. The lowest BCUT2D eigenvalue weighted by Gasteiger charge is -2.32. The van der Waals surface area contributed by atoms with Crippen molar-refractivity contribution in [1.82, 2.24) is 0 Å². The number of rotatable bonds is 11.